The van der Waals surface area contributed by atoms with Gasteiger partial charge in [0.1, 0.15) is 5.01 Å². The zero-order chi connectivity index (χ0) is 13.2. The maximum atomic E-state index is 4.61. The lowest BCUT2D eigenvalue weighted by atomic mass is 10.0. The Balaban J connectivity index is 1.82. The van der Waals surface area contributed by atoms with Crippen molar-refractivity contribution in [3.05, 3.63) is 40.9 Å². The average Bonchev–Trinajstić information content (AvgIpc) is 3.15. The molecule has 0 aliphatic heterocycles. The lowest BCUT2D eigenvalue weighted by Gasteiger charge is -2.06. The Hall–Kier alpha value is -1.19. The SMILES string of the molecule is CC(C)NCc1cnc(-c2ccccc2C2CC2)s1. The Morgan fingerprint density at radius 3 is 2.84 bits per heavy atom. The van der Waals surface area contributed by atoms with Crippen LogP contribution < -0.4 is 5.32 Å². The molecule has 0 atom stereocenters. The minimum absolute atomic E-state index is 0.518. The molecule has 1 aromatic carbocycles. The third kappa shape index (κ3) is 3.04. The van der Waals surface area contributed by atoms with E-state index in [0.717, 1.165) is 12.5 Å². The second-order valence-corrected chi connectivity index (χ2v) is 6.64. The van der Waals surface area contributed by atoms with Crippen LogP contribution in [0.5, 0.6) is 0 Å². The zero-order valence-corrected chi connectivity index (χ0v) is 12.3. The van der Waals surface area contributed by atoms with Gasteiger partial charge in [-0.1, -0.05) is 38.1 Å². The second kappa shape index (κ2) is 5.43. The summed E-state index contributed by atoms with van der Waals surface area (Å²) in [4.78, 5) is 5.93. The first kappa shape index (κ1) is 12.8. The monoisotopic (exact) mass is 272 g/mol. The van der Waals surface area contributed by atoms with Crippen LogP contribution in [0, 0.1) is 0 Å². The molecule has 0 radical (unpaired) electrons. The first-order valence-corrected chi connectivity index (χ1v) is 7.83. The summed E-state index contributed by atoms with van der Waals surface area (Å²) in [6.45, 7) is 5.26. The highest BCUT2D eigenvalue weighted by atomic mass is 32.1. The number of nitrogens with zero attached hydrogens (tertiary/aromatic N) is 1. The van der Waals surface area contributed by atoms with E-state index in [1.165, 1.54) is 33.9 Å². The van der Waals surface area contributed by atoms with Gasteiger partial charge in [-0.05, 0) is 24.3 Å². The molecular weight excluding hydrogens is 252 g/mol. The van der Waals surface area contributed by atoms with Gasteiger partial charge in [0.15, 0.2) is 0 Å². The van der Waals surface area contributed by atoms with Crippen molar-refractivity contribution < 1.29 is 0 Å². The molecule has 2 aromatic rings. The quantitative estimate of drug-likeness (QED) is 0.883. The number of aromatic nitrogens is 1. The van der Waals surface area contributed by atoms with Crippen molar-refractivity contribution in [3.63, 3.8) is 0 Å². The van der Waals surface area contributed by atoms with Crippen molar-refractivity contribution in [1.29, 1.82) is 0 Å². The van der Waals surface area contributed by atoms with Gasteiger partial charge in [-0.2, -0.15) is 0 Å². The lowest BCUT2D eigenvalue weighted by Crippen LogP contribution is -2.21. The Bertz CT molecular complexity index is 555. The zero-order valence-electron chi connectivity index (χ0n) is 11.5. The molecule has 0 bridgehead atoms. The van der Waals surface area contributed by atoms with Crippen LogP contribution in [0.1, 0.15) is 43.0 Å². The summed E-state index contributed by atoms with van der Waals surface area (Å²) in [5.74, 6) is 0.775. The van der Waals surface area contributed by atoms with E-state index in [9.17, 15) is 0 Å². The van der Waals surface area contributed by atoms with E-state index in [0.29, 0.717) is 6.04 Å². The highest BCUT2D eigenvalue weighted by molar-refractivity contribution is 7.15. The van der Waals surface area contributed by atoms with Crippen LogP contribution in [-0.2, 0) is 6.54 Å². The van der Waals surface area contributed by atoms with E-state index in [-0.39, 0.29) is 0 Å². The van der Waals surface area contributed by atoms with Crippen molar-refractivity contribution in [1.82, 2.24) is 10.3 Å². The van der Waals surface area contributed by atoms with E-state index >= 15 is 0 Å². The third-order valence-corrected chi connectivity index (χ3v) is 4.48. The summed E-state index contributed by atoms with van der Waals surface area (Å²) in [7, 11) is 0. The van der Waals surface area contributed by atoms with E-state index in [1.807, 2.05) is 17.5 Å². The van der Waals surface area contributed by atoms with Crippen LogP contribution in [0.4, 0.5) is 0 Å². The first-order valence-electron chi connectivity index (χ1n) is 7.01. The molecule has 1 fully saturated rings. The van der Waals surface area contributed by atoms with Crippen LogP contribution in [0.15, 0.2) is 30.5 Å². The van der Waals surface area contributed by atoms with Gasteiger partial charge in [0, 0.05) is 29.2 Å². The molecule has 1 N–H and O–H groups in total. The van der Waals surface area contributed by atoms with E-state index in [1.54, 1.807) is 0 Å². The number of benzene rings is 1. The van der Waals surface area contributed by atoms with Gasteiger partial charge in [0.2, 0.25) is 0 Å². The molecule has 100 valence electrons. The van der Waals surface area contributed by atoms with E-state index < -0.39 is 0 Å². The number of hydrogen-bond acceptors (Lipinski definition) is 3. The van der Waals surface area contributed by atoms with Gasteiger partial charge < -0.3 is 5.32 Å². The highest BCUT2D eigenvalue weighted by Crippen LogP contribution is 2.44. The smallest absolute Gasteiger partial charge is 0.123 e. The maximum Gasteiger partial charge on any atom is 0.123 e. The fourth-order valence-corrected chi connectivity index (χ4v) is 3.17. The largest absolute Gasteiger partial charge is 0.310 e. The fourth-order valence-electron chi connectivity index (χ4n) is 2.26. The summed E-state index contributed by atoms with van der Waals surface area (Å²) in [6.07, 6.45) is 4.69. The molecule has 0 unspecified atom stereocenters. The summed E-state index contributed by atoms with van der Waals surface area (Å²) >= 11 is 1.81. The van der Waals surface area contributed by atoms with Crippen LogP contribution >= 0.6 is 11.3 Å². The molecule has 1 aliphatic rings. The topological polar surface area (TPSA) is 24.9 Å². The molecule has 0 amide bonds. The van der Waals surface area contributed by atoms with Crippen molar-refractivity contribution in [2.24, 2.45) is 0 Å². The Kier molecular flexibility index (Phi) is 3.67. The summed E-state index contributed by atoms with van der Waals surface area (Å²) in [5, 5.41) is 4.62. The normalized spacial score (nSPS) is 15.1. The highest BCUT2D eigenvalue weighted by Gasteiger charge is 2.26. The molecule has 2 nitrogen and oxygen atoms in total. The average molecular weight is 272 g/mol. The third-order valence-electron chi connectivity index (χ3n) is 3.45. The molecular formula is C16H20N2S. The minimum Gasteiger partial charge on any atom is -0.310 e. The maximum absolute atomic E-state index is 4.61. The van der Waals surface area contributed by atoms with Crippen LogP contribution in [0.2, 0.25) is 0 Å². The Morgan fingerprint density at radius 1 is 1.32 bits per heavy atom. The fraction of sp³-hybridized carbons (Fsp3) is 0.438. The van der Waals surface area contributed by atoms with Gasteiger partial charge >= 0.3 is 0 Å². The summed E-state index contributed by atoms with van der Waals surface area (Å²) in [6, 6.07) is 9.26. The Morgan fingerprint density at radius 2 is 2.11 bits per heavy atom. The van der Waals surface area contributed by atoms with Crippen molar-refractivity contribution >= 4 is 11.3 Å². The number of rotatable bonds is 5. The van der Waals surface area contributed by atoms with Crippen LogP contribution in [0.3, 0.4) is 0 Å². The van der Waals surface area contributed by atoms with E-state index in [2.05, 4.69) is 48.4 Å². The van der Waals surface area contributed by atoms with Gasteiger partial charge in [-0.3, -0.25) is 0 Å². The number of nitrogens with one attached hydrogen (secondary N) is 1. The predicted molar refractivity (Wildman–Crippen MR) is 81.5 cm³/mol. The molecule has 3 rings (SSSR count). The van der Waals surface area contributed by atoms with Gasteiger partial charge in [-0.25, -0.2) is 4.98 Å². The summed E-state index contributed by atoms with van der Waals surface area (Å²) < 4.78 is 0. The summed E-state index contributed by atoms with van der Waals surface area (Å²) in [5.41, 5.74) is 2.83. The molecule has 0 spiro atoms. The predicted octanol–water partition coefficient (Wildman–Crippen LogP) is 4.19. The van der Waals surface area contributed by atoms with Gasteiger partial charge in [0.05, 0.1) is 0 Å². The van der Waals surface area contributed by atoms with Crippen molar-refractivity contribution in [3.8, 4) is 10.6 Å². The molecule has 1 aromatic heterocycles. The van der Waals surface area contributed by atoms with E-state index in [4.69, 9.17) is 0 Å². The van der Waals surface area contributed by atoms with Crippen LogP contribution in [-0.4, -0.2) is 11.0 Å². The number of hydrogen-bond donors (Lipinski definition) is 1. The minimum atomic E-state index is 0.518. The number of thiazole rings is 1. The molecule has 19 heavy (non-hydrogen) atoms. The molecule has 0 saturated heterocycles. The van der Waals surface area contributed by atoms with Crippen molar-refractivity contribution in [2.45, 2.75) is 45.2 Å². The van der Waals surface area contributed by atoms with Crippen molar-refractivity contribution in [2.75, 3.05) is 0 Å². The first-order chi connectivity index (χ1) is 9.24. The molecule has 3 heteroatoms. The molecule has 1 heterocycles. The van der Waals surface area contributed by atoms with Gasteiger partial charge in [0.25, 0.3) is 0 Å². The molecule has 1 saturated carbocycles. The molecule has 1 aliphatic carbocycles. The van der Waals surface area contributed by atoms with Crippen LogP contribution in [0.25, 0.3) is 10.6 Å². The lowest BCUT2D eigenvalue weighted by molar-refractivity contribution is 0.593. The standard InChI is InChI=1S/C16H20N2S/c1-11(2)17-9-13-10-18-16(19-13)15-6-4-3-5-14(15)12-7-8-12/h3-6,10-12,17H,7-9H2,1-2H3. The van der Waals surface area contributed by atoms with Gasteiger partial charge in [-0.15, -0.1) is 11.3 Å². The Labute approximate surface area is 118 Å². The second-order valence-electron chi connectivity index (χ2n) is 5.53.